The van der Waals surface area contributed by atoms with Gasteiger partial charge >= 0.3 is 0 Å². The molecule has 0 aliphatic rings. The molecule has 0 fully saturated rings. The third kappa shape index (κ3) is 6.03. The van der Waals surface area contributed by atoms with Gasteiger partial charge in [-0.15, -0.1) is 0 Å². The number of benzene rings is 2. The highest BCUT2D eigenvalue weighted by atomic mass is 16.5. The Balaban J connectivity index is 1.67. The van der Waals surface area contributed by atoms with Crippen LogP contribution in [-0.2, 0) is 11.2 Å². The molecular formula is C20H25NO4. The molecule has 0 radical (unpaired) electrons. The van der Waals surface area contributed by atoms with Crippen molar-refractivity contribution in [2.24, 2.45) is 0 Å². The lowest BCUT2D eigenvalue weighted by Gasteiger charge is -2.09. The quantitative estimate of drug-likeness (QED) is 0.711. The average molecular weight is 343 g/mol. The van der Waals surface area contributed by atoms with Crippen LogP contribution in [0.4, 0.5) is 0 Å². The molecule has 1 N–H and O–H groups in total. The topological polar surface area (TPSA) is 56.8 Å². The average Bonchev–Trinajstić information content (AvgIpc) is 2.64. The first-order chi connectivity index (χ1) is 12.1. The standard InChI is InChI=1S/C20H25NO4/c1-15-13-16(7-9-19(15)24-3)8-10-20(22)21-11-12-25-18-6-4-5-17(14-18)23-2/h4-7,9,13-14H,8,10-12H2,1-3H3,(H,21,22). The monoisotopic (exact) mass is 343 g/mol. The van der Waals surface area contributed by atoms with E-state index in [0.29, 0.717) is 26.0 Å². The van der Waals surface area contributed by atoms with Crippen molar-refractivity contribution in [2.75, 3.05) is 27.4 Å². The molecule has 2 aromatic carbocycles. The predicted octanol–water partition coefficient (Wildman–Crippen LogP) is 3.14. The van der Waals surface area contributed by atoms with Gasteiger partial charge in [0.1, 0.15) is 23.9 Å². The highest BCUT2D eigenvalue weighted by Crippen LogP contribution is 2.19. The van der Waals surface area contributed by atoms with Crippen molar-refractivity contribution >= 4 is 5.91 Å². The summed E-state index contributed by atoms with van der Waals surface area (Å²) in [4.78, 5) is 11.9. The Hall–Kier alpha value is -2.69. The SMILES string of the molecule is COc1cccc(OCCNC(=O)CCc2ccc(OC)c(C)c2)c1. The van der Waals surface area contributed by atoms with E-state index in [1.807, 2.05) is 43.3 Å². The van der Waals surface area contributed by atoms with Gasteiger partial charge in [-0.3, -0.25) is 4.79 Å². The van der Waals surface area contributed by atoms with E-state index < -0.39 is 0 Å². The fraction of sp³-hybridized carbons (Fsp3) is 0.350. The number of carbonyl (C=O) groups is 1. The minimum absolute atomic E-state index is 0.0164. The fourth-order valence-corrected chi connectivity index (χ4v) is 2.49. The Labute approximate surface area is 148 Å². The van der Waals surface area contributed by atoms with Gasteiger partial charge in [0, 0.05) is 12.5 Å². The van der Waals surface area contributed by atoms with Crippen LogP contribution in [0.2, 0.25) is 0 Å². The zero-order valence-electron chi connectivity index (χ0n) is 15.0. The Kier molecular flexibility index (Phi) is 7.14. The van der Waals surface area contributed by atoms with Crippen molar-refractivity contribution in [1.29, 1.82) is 0 Å². The number of carbonyl (C=O) groups excluding carboxylic acids is 1. The second kappa shape index (κ2) is 9.57. The van der Waals surface area contributed by atoms with Crippen molar-refractivity contribution in [3.05, 3.63) is 53.6 Å². The van der Waals surface area contributed by atoms with E-state index in [2.05, 4.69) is 11.4 Å². The van der Waals surface area contributed by atoms with Crippen LogP contribution in [0.1, 0.15) is 17.5 Å². The summed E-state index contributed by atoms with van der Waals surface area (Å²) in [6.07, 6.45) is 1.15. The number of hydrogen-bond donors (Lipinski definition) is 1. The molecule has 2 aromatic rings. The number of nitrogens with one attached hydrogen (secondary N) is 1. The van der Waals surface area contributed by atoms with Gasteiger partial charge in [-0.25, -0.2) is 0 Å². The number of rotatable bonds is 9. The molecule has 0 unspecified atom stereocenters. The molecule has 5 nitrogen and oxygen atoms in total. The first-order valence-corrected chi connectivity index (χ1v) is 8.29. The lowest BCUT2D eigenvalue weighted by atomic mass is 10.1. The normalized spacial score (nSPS) is 10.2. The summed E-state index contributed by atoms with van der Waals surface area (Å²) in [5.74, 6) is 2.35. The van der Waals surface area contributed by atoms with E-state index in [4.69, 9.17) is 14.2 Å². The highest BCUT2D eigenvalue weighted by molar-refractivity contribution is 5.76. The van der Waals surface area contributed by atoms with Gasteiger partial charge in [0.2, 0.25) is 5.91 Å². The summed E-state index contributed by atoms with van der Waals surface area (Å²) in [7, 11) is 3.27. The van der Waals surface area contributed by atoms with Crippen molar-refractivity contribution in [1.82, 2.24) is 5.32 Å². The maximum atomic E-state index is 11.9. The van der Waals surface area contributed by atoms with E-state index in [1.54, 1.807) is 14.2 Å². The van der Waals surface area contributed by atoms with E-state index >= 15 is 0 Å². The zero-order chi connectivity index (χ0) is 18.1. The summed E-state index contributed by atoms with van der Waals surface area (Å²) < 4.78 is 16.0. The van der Waals surface area contributed by atoms with Crippen LogP contribution in [-0.4, -0.2) is 33.3 Å². The van der Waals surface area contributed by atoms with Gasteiger partial charge in [0.05, 0.1) is 20.8 Å². The number of ether oxygens (including phenoxy) is 3. The van der Waals surface area contributed by atoms with Crippen LogP contribution in [0.5, 0.6) is 17.2 Å². The van der Waals surface area contributed by atoms with E-state index in [1.165, 1.54) is 0 Å². The summed E-state index contributed by atoms with van der Waals surface area (Å²) in [5.41, 5.74) is 2.20. The molecule has 2 rings (SSSR count). The van der Waals surface area contributed by atoms with Gasteiger partial charge in [-0.05, 0) is 42.7 Å². The minimum atomic E-state index is 0.0164. The van der Waals surface area contributed by atoms with Gasteiger partial charge < -0.3 is 19.5 Å². The van der Waals surface area contributed by atoms with Crippen LogP contribution in [0.25, 0.3) is 0 Å². The molecule has 0 aromatic heterocycles. The third-order valence-electron chi connectivity index (χ3n) is 3.83. The molecule has 0 saturated carbocycles. The molecule has 1 amide bonds. The van der Waals surface area contributed by atoms with Crippen LogP contribution in [0.3, 0.4) is 0 Å². The molecule has 0 bridgehead atoms. The molecule has 0 spiro atoms. The molecule has 25 heavy (non-hydrogen) atoms. The summed E-state index contributed by atoms with van der Waals surface area (Å²) >= 11 is 0. The minimum Gasteiger partial charge on any atom is -0.497 e. The number of amides is 1. The van der Waals surface area contributed by atoms with Gasteiger partial charge in [-0.2, -0.15) is 0 Å². The third-order valence-corrected chi connectivity index (χ3v) is 3.83. The van der Waals surface area contributed by atoms with Gasteiger partial charge in [0.25, 0.3) is 0 Å². The van der Waals surface area contributed by atoms with Crippen LogP contribution >= 0.6 is 0 Å². The maximum Gasteiger partial charge on any atom is 0.220 e. The van der Waals surface area contributed by atoms with Crippen LogP contribution in [0.15, 0.2) is 42.5 Å². The summed E-state index contributed by atoms with van der Waals surface area (Å²) in [6, 6.07) is 13.4. The Morgan fingerprint density at radius 3 is 2.56 bits per heavy atom. The smallest absolute Gasteiger partial charge is 0.220 e. The number of hydrogen-bond acceptors (Lipinski definition) is 4. The molecule has 0 atom stereocenters. The lowest BCUT2D eigenvalue weighted by molar-refractivity contribution is -0.121. The van der Waals surface area contributed by atoms with Crippen molar-refractivity contribution in [3.8, 4) is 17.2 Å². The molecule has 134 valence electrons. The first kappa shape index (κ1) is 18.6. The largest absolute Gasteiger partial charge is 0.497 e. The molecule has 0 heterocycles. The van der Waals surface area contributed by atoms with Crippen molar-refractivity contribution in [3.63, 3.8) is 0 Å². The zero-order valence-corrected chi connectivity index (χ0v) is 15.0. The molecule has 0 aliphatic carbocycles. The summed E-state index contributed by atoms with van der Waals surface area (Å²) in [6.45, 7) is 2.89. The van der Waals surface area contributed by atoms with E-state index in [0.717, 1.165) is 28.4 Å². The van der Waals surface area contributed by atoms with Gasteiger partial charge in [0.15, 0.2) is 0 Å². The van der Waals surface area contributed by atoms with Crippen LogP contribution in [0, 0.1) is 6.92 Å². The molecular weight excluding hydrogens is 318 g/mol. The molecule has 0 saturated heterocycles. The van der Waals surface area contributed by atoms with Crippen molar-refractivity contribution < 1.29 is 19.0 Å². The second-order valence-corrected chi connectivity index (χ2v) is 5.68. The Morgan fingerprint density at radius 2 is 1.84 bits per heavy atom. The second-order valence-electron chi connectivity index (χ2n) is 5.68. The first-order valence-electron chi connectivity index (χ1n) is 8.29. The number of methoxy groups -OCH3 is 2. The van der Waals surface area contributed by atoms with Crippen LogP contribution < -0.4 is 19.5 Å². The predicted molar refractivity (Wildman–Crippen MR) is 97.6 cm³/mol. The summed E-state index contributed by atoms with van der Waals surface area (Å²) in [5, 5.41) is 2.87. The highest BCUT2D eigenvalue weighted by Gasteiger charge is 2.05. The fourth-order valence-electron chi connectivity index (χ4n) is 2.49. The number of aryl methyl sites for hydroxylation is 2. The van der Waals surface area contributed by atoms with E-state index in [9.17, 15) is 4.79 Å². The Morgan fingerprint density at radius 1 is 1.04 bits per heavy atom. The van der Waals surface area contributed by atoms with Crippen molar-refractivity contribution in [2.45, 2.75) is 19.8 Å². The van der Waals surface area contributed by atoms with E-state index in [-0.39, 0.29) is 5.91 Å². The maximum absolute atomic E-state index is 11.9. The molecule has 0 aliphatic heterocycles. The Bertz CT molecular complexity index is 700. The molecule has 5 heteroatoms. The lowest BCUT2D eigenvalue weighted by Crippen LogP contribution is -2.28. The van der Waals surface area contributed by atoms with Gasteiger partial charge in [-0.1, -0.05) is 18.2 Å².